The molecule has 1 aromatic carbocycles. The Labute approximate surface area is 107 Å². The SMILES string of the molecule is Fc1cc(CNCCn2ccnn2)ccc1Br. The van der Waals surface area contributed by atoms with Gasteiger partial charge in [-0.2, -0.15) is 0 Å². The Hall–Kier alpha value is -1.27. The molecule has 0 unspecified atom stereocenters. The van der Waals surface area contributed by atoms with Gasteiger partial charge in [0.2, 0.25) is 0 Å². The van der Waals surface area contributed by atoms with Crippen molar-refractivity contribution in [2.75, 3.05) is 6.54 Å². The van der Waals surface area contributed by atoms with Crippen molar-refractivity contribution in [3.8, 4) is 0 Å². The summed E-state index contributed by atoms with van der Waals surface area (Å²) in [5, 5.41) is 10.8. The first-order chi connectivity index (χ1) is 8.25. The van der Waals surface area contributed by atoms with E-state index < -0.39 is 0 Å². The van der Waals surface area contributed by atoms with Crippen molar-refractivity contribution in [1.82, 2.24) is 20.3 Å². The molecule has 1 aromatic heterocycles. The van der Waals surface area contributed by atoms with E-state index in [0.29, 0.717) is 11.0 Å². The molecule has 0 aliphatic carbocycles. The quantitative estimate of drug-likeness (QED) is 0.858. The molecule has 0 aliphatic rings. The normalized spacial score (nSPS) is 10.7. The molecular weight excluding hydrogens is 287 g/mol. The van der Waals surface area contributed by atoms with Gasteiger partial charge in [0.25, 0.3) is 0 Å². The van der Waals surface area contributed by atoms with Crippen LogP contribution in [0.15, 0.2) is 35.1 Å². The molecule has 1 N–H and O–H groups in total. The molecule has 0 saturated carbocycles. The van der Waals surface area contributed by atoms with Gasteiger partial charge in [0, 0.05) is 19.3 Å². The molecule has 0 spiro atoms. The van der Waals surface area contributed by atoms with E-state index in [9.17, 15) is 4.39 Å². The van der Waals surface area contributed by atoms with E-state index in [-0.39, 0.29) is 5.82 Å². The molecule has 90 valence electrons. The van der Waals surface area contributed by atoms with E-state index >= 15 is 0 Å². The minimum atomic E-state index is -0.236. The Balaban J connectivity index is 1.76. The van der Waals surface area contributed by atoms with Crippen molar-refractivity contribution >= 4 is 15.9 Å². The zero-order valence-electron chi connectivity index (χ0n) is 9.11. The Morgan fingerprint density at radius 3 is 3.00 bits per heavy atom. The van der Waals surface area contributed by atoms with Gasteiger partial charge in [0.1, 0.15) is 5.82 Å². The summed E-state index contributed by atoms with van der Waals surface area (Å²) in [7, 11) is 0. The molecule has 0 aliphatic heterocycles. The molecule has 0 radical (unpaired) electrons. The van der Waals surface area contributed by atoms with E-state index in [1.54, 1.807) is 23.1 Å². The summed E-state index contributed by atoms with van der Waals surface area (Å²) in [4.78, 5) is 0. The van der Waals surface area contributed by atoms with E-state index in [1.165, 1.54) is 6.07 Å². The standard InChI is InChI=1S/C11H12BrFN4/c12-10-2-1-9(7-11(10)13)8-14-3-5-17-6-4-15-16-17/h1-2,4,6-7,14H,3,5,8H2. The minimum Gasteiger partial charge on any atom is -0.311 e. The second-order valence-corrected chi connectivity index (χ2v) is 4.45. The van der Waals surface area contributed by atoms with E-state index in [4.69, 9.17) is 0 Å². The number of aromatic nitrogens is 3. The third kappa shape index (κ3) is 3.61. The minimum absolute atomic E-state index is 0.236. The summed E-state index contributed by atoms with van der Waals surface area (Å²) in [5.74, 6) is -0.236. The summed E-state index contributed by atoms with van der Waals surface area (Å²) >= 11 is 3.12. The zero-order chi connectivity index (χ0) is 12.1. The topological polar surface area (TPSA) is 42.7 Å². The lowest BCUT2D eigenvalue weighted by molar-refractivity contribution is 0.538. The summed E-state index contributed by atoms with van der Waals surface area (Å²) in [6, 6.07) is 5.12. The van der Waals surface area contributed by atoms with Crippen LogP contribution in [0.4, 0.5) is 4.39 Å². The van der Waals surface area contributed by atoms with Crippen molar-refractivity contribution in [3.63, 3.8) is 0 Å². The Kier molecular flexibility index (Phi) is 4.22. The van der Waals surface area contributed by atoms with Gasteiger partial charge in [0.15, 0.2) is 0 Å². The Bertz CT molecular complexity index is 472. The van der Waals surface area contributed by atoms with E-state index in [2.05, 4.69) is 31.6 Å². The number of benzene rings is 1. The van der Waals surface area contributed by atoms with Gasteiger partial charge in [-0.1, -0.05) is 11.3 Å². The Morgan fingerprint density at radius 2 is 2.29 bits per heavy atom. The van der Waals surface area contributed by atoms with Crippen molar-refractivity contribution in [3.05, 3.63) is 46.4 Å². The van der Waals surface area contributed by atoms with Crippen molar-refractivity contribution in [2.24, 2.45) is 0 Å². The highest BCUT2D eigenvalue weighted by Crippen LogP contribution is 2.16. The zero-order valence-corrected chi connectivity index (χ0v) is 10.7. The number of nitrogens with one attached hydrogen (secondary N) is 1. The van der Waals surface area contributed by atoms with Crippen LogP contribution in [0.1, 0.15) is 5.56 Å². The Morgan fingerprint density at radius 1 is 1.41 bits per heavy atom. The fourth-order valence-corrected chi connectivity index (χ4v) is 1.67. The fourth-order valence-electron chi connectivity index (χ4n) is 1.43. The van der Waals surface area contributed by atoms with Gasteiger partial charge < -0.3 is 5.32 Å². The molecule has 17 heavy (non-hydrogen) atoms. The highest BCUT2D eigenvalue weighted by molar-refractivity contribution is 9.10. The first-order valence-electron chi connectivity index (χ1n) is 5.24. The molecule has 0 bridgehead atoms. The van der Waals surface area contributed by atoms with Gasteiger partial charge in [-0.25, -0.2) is 4.39 Å². The summed E-state index contributed by atoms with van der Waals surface area (Å²) in [5.41, 5.74) is 0.921. The first kappa shape index (κ1) is 12.2. The number of hydrogen-bond donors (Lipinski definition) is 1. The third-order valence-electron chi connectivity index (χ3n) is 2.30. The molecule has 0 saturated heterocycles. The predicted molar refractivity (Wildman–Crippen MR) is 65.8 cm³/mol. The summed E-state index contributed by atoms with van der Waals surface area (Å²) in [6.45, 7) is 2.15. The fraction of sp³-hybridized carbons (Fsp3) is 0.273. The average Bonchev–Trinajstić information content (AvgIpc) is 2.82. The van der Waals surface area contributed by atoms with Crippen molar-refractivity contribution in [1.29, 1.82) is 0 Å². The monoisotopic (exact) mass is 298 g/mol. The largest absolute Gasteiger partial charge is 0.311 e. The maximum absolute atomic E-state index is 13.2. The predicted octanol–water partition coefficient (Wildman–Crippen LogP) is 1.97. The number of hydrogen-bond acceptors (Lipinski definition) is 3. The first-order valence-corrected chi connectivity index (χ1v) is 6.04. The maximum atomic E-state index is 13.2. The molecule has 4 nitrogen and oxygen atoms in total. The molecule has 1 heterocycles. The van der Waals surface area contributed by atoms with Gasteiger partial charge >= 0.3 is 0 Å². The molecule has 0 fully saturated rings. The smallest absolute Gasteiger partial charge is 0.137 e. The second kappa shape index (κ2) is 5.88. The number of halogens is 2. The van der Waals surface area contributed by atoms with Crippen LogP contribution in [-0.2, 0) is 13.1 Å². The van der Waals surface area contributed by atoms with Crippen LogP contribution in [0, 0.1) is 5.82 Å². The van der Waals surface area contributed by atoms with Crippen LogP contribution in [0.25, 0.3) is 0 Å². The van der Waals surface area contributed by atoms with Crippen LogP contribution in [0.5, 0.6) is 0 Å². The third-order valence-corrected chi connectivity index (χ3v) is 2.95. The van der Waals surface area contributed by atoms with Crippen molar-refractivity contribution < 1.29 is 4.39 Å². The second-order valence-electron chi connectivity index (χ2n) is 3.59. The van der Waals surface area contributed by atoms with Gasteiger partial charge in [-0.15, -0.1) is 5.10 Å². The average molecular weight is 299 g/mol. The van der Waals surface area contributed by atoms with E-state index in [1.807, 2.05) is 6.07 Å². The molecular formula is C11H12BrFN4. The van der Waals surface area contributed by atoms with Crippen LogP contribution >= 0.6 is 15.9 Å². The molecule has 6 heteroatoms. The van der Waals surface area contributed by atoms with Gasteiger partial charge in [0.05, 0.1) is 17.2 Å². The highest BCUT2D eigenvalue weighted by atomic mass is 79.9. The van der Waals surface area contributed by atoms with Gasteiger partial charge in [-0.3, -0.25) is 4.68 Å². The van der Waals surface area contributed by atoms with Crippen LogP contribution in [0.3, 0.4) is 0 Å². The molecule has 0 amide bonds. The number of nitrogens with zero attached hydrogens (tertiary/aromatic N) is 3. The van der Waals surface area contributed by atoms with Gasteiger partial charge in [-0.05, 0) is 33.6 Å². The lowest BCUT2D eigenvalue weighted by Gasteiger charge is -2.05. The maximum Gasteiger partial charge on any atom is 0.137 e. The molecule has 2 aromatic rings. The van der Waals surface area contributed by atoms with Crippen LogP contribution in [-0.4, -0.2) is 21.5 Å². The number of rotatable bonds is 5. The van der Waals surface area contributed by atoms with Crippen molar-refractivity contribution in [2.45, 2.75) is 13.1 Å². The van der Waals surface area contributed by atoms with Crippen LogP contribution < -0.4 is 5.32 Å². The highest BCUT2D eigenvalue weighted by Gasteiger charge is 2.00. The lowest BCUT2D eigenvalue weighted by atomic mass is 10.2. The van der Waals surface area contributed by atoms with E-state index in [0.717, 1.165) is 18.7 Å². The lowest BCUT2D eigenvalue weighted by Crippen LogP contribution is -2.19. The molecule has 2 rings (SSSR count). The van der Waals surface area contributed by atoms with Crippen LogP contribution in [0.2, 0.25) is 0 Å². The summed E-state index contributed by atoms with van der Waals surface area (Å²) in [6.07, 6.45) is 3.45. The summed E-state index contributed by atoms with van der Waals surface area (Å²) < 4.78 is 15.4. The molecule has 0 atom stereocenters.